The minimum absolute atomic E-state index is 0.206. The molecule has 116 valence electrons. The molecule has 0 saturated carbocycles. The Bertz CT molecular complexity index is 424. The Kier molecular flexibility index (Phi) is 4.36. The number of rotatable bonds is 2. The lowest BCUT2D eigenvalue weighted by Gasteiger charge is -2.34. The van der Waals surface area contributed by atoms with E-state index in [0.29, 0.717) is 19.6 Å². The third-order valence-corrected chi connectivity index (χ3v) is 7.16. The van der Waals surface area contributed by atoms with Crippen molar-refractivity contribution in [2.75, 3.05) is 39.3 Å². The Morgan fingerprint density at radius 3 is 2.25 bits per heavy atom. The van der Waals surface area contributed by atoms with Crippen LogP contribution >= 0.6 is 0 Å². The highest BCUT2D eigenvalue weighted by Crippen LogP contribution is 2.38. The lowest BCUT2D eigenvalue weighted by Crippen LogP contribution is -2.46. The van der Waals surface area contributed by atoms with Gasteiger partial charge in [0.05, 0.1) is 0 Å². The summed E-state index contributed by atoms with van der Waals surface area (Å²) < 4.78 is 29.1. The minimum Gasteiger partial charge on any atom is -0.316 e. The number of nitrogens with one attached hydrogen (secondary N) is 1. The van der Waals surface area contributed by atoms with E-state index in [1.165, 1.54) is 25.7 Å². The molecule has 0 bridgehead atoms. The molecule has 1 N–H and O–H groups in total. The third kappa shape index (κ3) is 2.89. The summed E-state index contributed by atoms with van der Waals surface area (Å²) in [5, 5.41) is 3.44. The van der Waals surface area contributed by atoms with Crippen LogP contribution in [0.15, 0.2) is 0 Å². The molecule has 0 radical (unpaired) electrons. The van der Waals surface area contributed by atoms with Crippen LogP contribution in [-0.2, 0) is 10.2 Å². The zero-order chi connectivity index (χ0) is 14.1. The van der Waals surface area contributed by atoms with Crippen molar-refractivity contribution in [3.05, 3.63) is 0 Å². The van der Waals surface area contributed by atoms with Gasteiger partial charge in [0.25, 0.3) is 10.2 Å². The third-order valence-electron chi connectivity index (χ3n) is 5.18. The Labute approximate surface area is 122 Å². The van der Waals surface area contributed by atoms with E-state index in [1.807, 2.05) is 0 Å². The molecule has 0 aromatic rings. The summed E-state index contributed by atoms with van der Waals surface area (Å²) >= 11 is 0. The average Bonchev–Trinajstić information content (AvgIpc) is 2.69. The molecule has 5 nitrogen and oxygen atoms in total. The van der Waals surface area contributed by atoms with Crippen LogP contribution in [0.25, 0.3) is 0 Å². The summed E-state index contributed by atoms with van der Waals surface area (Å²) in [5.74, 6) is 0. The zero-order valence-electron chi connectivity index (χ0n) is 12.3. The van der Waals surface area contributed by atoms with Crippen LogP contribution in [0, 0.1) is 5.41 Å². The Balaban J connectivity index is 1.69. The fourth-order valence-corrected chi connectivity index (χ4v) is 5.71. The van der Waals surface area contributed by atoms with Gasteiger partial charge >= 0.3 is 0 Å². The van der Waals surface area contributed by atoms with Crippen molar-refractivity contribution in [3.8, 4) is 0 Å². The topological polar surface area (TPSA) is 52.7 Å². The van der Waals surface area contributed by atoms with Crippen molar-refractivity contribution < 1.29 is 8.42 Å². The lowest BCUT2D eigenvalue weighted by molar-refractivity contribution is 0.222. The molecule has 3 aliphatic rings. The van der Waals surface area contributed by atoms with Gasteiger partial charge in [-0.2, -0.15) is 17.0 Å². The second-order valence-electron chi connectivity index (χ2n) is 6.68. The molecule has 3 rings (SSSR count). The summed E-state index contributed by atoms with van der Waals surface area (Å²) in [6, 6.07) is 0. The maximum Gasteiger partial charge on any atom is 0.281 e. The molecule has 3 fully saturated rings. The van der Waals surface area contributed by atoms with E-state index < -0.39 is 10.2 Å². The van der Waals surface area contributed by atoms with Gasteiger partial charge in [-0.1, -0.05) is 12.8 Å². The summed E-state index contributed by atoms with van der Waals surface area (Å²) in [6.45, 7) is 4.92. The number of piperidine rings is 1. The zero-order valence-corrected chi connectivity index (χ0v) is 13.1. The van der Waals surface area contributed by atoms with Crippen molar-refractivity contribution in [2.24, 2.45) is 5.41 Å². The fraction of sp³-hybridized carbons (Fsp3) is 1.00. The molecule has 1 atom stereocenters. The van der Waals surface area contributed by atoms with Crippen LogP contribution in [0.2, 0.25) is 0 Å². The quantitative estimate of drug-likeness (QED) is 0.833. The number of hydrogen-bond donors (Lipinski definition) is 1. The van der Waals surface area contributed by atoms with Crippen molar-refractivity contribution in [2.45, 2.75) is 44.9 Å². The van der Waals surface area contributed by atoms with Gasteiger partial charge in [-0.05, 0) is 44.1 Å². The van der Waals surface area contributed by atoms with E-state index in [0.717, 1.165) is 38.9 Å². The van der Waals surface area contributed by atoms with E-state index in [-0.39, 0.29) is 5.41 Å². The molecule has 3 heterocycles. The predicted molar refractivity (Wildman–Crippen MR) is 79.7 cm³/mol. The first-order valence-electron chi connectivity index (χ1n) is 8.08. The Morgan fingerprint density at radius 1 is 0.850 bits per heavy atom. The Morgan fingerprint density at radius 2 is 1.60 bits per heavy atom. The van der Waals surface area contributed by atoms with Crippen LogP contribution in [0.4, 0.5) is 0 Å². The van der Waals surface area contributed by atoms with Gasteiger partial charge in [-0.3, -0.25) is 0 Å². The van der Waals surface area contributed by atoms with E-state index in [9.17, 15) is 8.42 Å². The lowest BCUT2D eigenvalue weighted by atomic mass is 9.80. The number of hydrogen-bond acceptors (Lipinski definition) is 3. The highest BCUT2D eigenvalue weighted by atomic mass is 32.2. The molecule has 3 aliphatic heterocycles. The first kappa shape index (κ1) is 14.8. The van der Waals surface area contributed by atoms with Gasteiger partial charge in [-0.25, -0.2) is 0 Å². The molecule has 0 unspecified atom stereocenters. The Hall–Kier alpha value is -0.170. The van der Waals surface area contributed by atoms with E-state index >= 15 is 0 Å². The van der Waals surface area contributed by atoms with Crippen molar-refractivity contribution in [1.82, 2.24) is 13.9 Å². The van der Waals surface area contributed by atoms with Crippen LogP contribution in [0.5, 0.6) is 0 Å². The highest BCUT2D eigenvalue weighted by molar-refractivity contribution is 7.86. The molecule has 20 heavy (non-hydrogen) atoms. The van der Waals surface area contributed by atoms with Crippen LogP contribution in [0.1, 0.15) is 44.9 Å². The molecule has 0 amide bonds. The second-order valence-corrected chi connectivity index (χ2v) is 8.61. The maximum absolute atomic E-state index is 12.8. The highest BCUT2D eigenvalue weighted by Gasteiger charge is 2.44. The standard InChI is InChI=1S/C14H27N3O2S/c18-20(19,16-9-3-1-2-4-10-16)17-11-7-14(13-17)6-5-8-15-12-14/h15H,1-13H2/t14-/m0/s1. The van der Waals surface area contributed by atoms with E-state index in [1.54, 1.807) is 8.61 Å². The van der Waals surface area contributed by atoms with Crippen molar-refractivity contribution in [3.63, 3.8) is 0 Å². The summed E-state index contributed by atoms with van der Waals surface area (Å²) in [7, 11) is -3.22. The molecule has 0 aromatic carbocycles. The SMILES string of the molecule is O=S(=O)(N1CCCCCC1)N1CC[C@]2(CCCNC2)C1. The molecular formula is C14H27N3O2S. The normalized spacial score (nSPS) is 34.4. The predicted octanol–water partition coefficient (Wildman–Crippen LogP) is 1.18. The minimum atomic E-state index is -3.22. The molecule has 0 aliphatic carbocycles. The molecule has 0 aromatic heterocycles. The largest absolute Gasteiger partial charge is 0.316 e. The van der Waals surface area contributed by atoms with Gasteiger partial charge < -0.3 is 5.32 Å². The monoisotopic (exact) mass is 301 g/mol. The molecule has 3 saturated heterocycles. The fourth-order valence-electron chi connectivity index (χ4n) is 3.91. The van der Waals surface area contributed by atoms with Gasteiger partial charge in [0.1, 0.15) is 0 Å². The smallest absolute Gasteiger partial charge is 0.281 e. The van der Waals surface area contributed by atoms with Crippen LogP contribution in [-0.4, -0.2) is 56.3 Å². The van der Waals surface area contributed by atoms with Gasteiger partial charge in [-0.15, -0.1) is 0 Å². The molecule has 6 heteroatoms. The number of nitrogens with zero attached hydrogens (tertiary/aromatic N) is 2. The molecule has 1 spiro atoms. The van der Waals surface area contributed by atoms with Crippen molar-refractivity contribution in [1.29, 1.82) is 0 Å². The van der Waals surface area contributed by atoms with E-state index in [4.69, 9.17) is 0 Å². The van der Waals surface area contributed by atoms with Gasteiger partial charge in [0.15, 0.2) is 0 Å². The van der Waals surface area contributed by atoms with E-state index in [2.05, 4.69) is 5.32 Å². The van der Waals surface area contributed by atoms with Crippen LogP contribution < -0.4 is 5.32 Å². The average molecular weight is 301 g/mol. The van der Waals surface area contributed by atoms with Crippen molar-refractivity contribution >= 4 is 10.2 Å². The van der Waals surface area contributed by atoms with Crippen LogP contribution in [0.3, 0.4) is 0 Å². The summed E-state index contributed by atoms with van der Waals surface area (Å²) in [6.07, 6.45) is 7.73. The maximum atomic E-state index is 12.8. The van der Waals surface area contributed by atoms with Gasteiger partial charge in [0, 0.05) is 32.7 Å². The summed E-state index contributed by atoms with van der Waals surface area (Å²) in [5.41, 5.74) is 0.206. The first-order chi connectivity index (χ1) is 9.62. The second kappa shape index (κ2) is 5.91. The summed E-state index contributed by atoms with van der Waals surface area (Å²) in [4.78, 5) is 0. The first-order valence-corrected chi connectivity index (χ1v) is 9.48. The molecular weight excluding hydrogens is 274 g/mol. The van der Waals surface area contributed by atoms with Gasteiger partial charge in [0.2, 0.25) is 0 Å².